The summed E-state index contributed by atoms with van der Waals surface area (Å²) in [6.07, 6.45) is 2.23. The number of aliphatic carboxylic acids is 1. The van der Waals surface area contributed by atoms with E-state index < -0.39 is 17.9 Å². The summed E-state index contributed by atoms with van der Waals surface area (Å²) in [6, 6.07) is 11.2. The Balaban J connectivity index is 1.54. The van der Waals surface area contributed by atoms with Crippen LogP contribution in [0.5, 0.6) is 11.8 Å². The predicted octanol–water partition coefficient (Wildman–Crippen LogP) is 3.06. The van der Waals surface area contributed by atoms with Crippen LogP contribution >= 0.6 is 0 Å². The Kier molecular flexibility index (Phi) is 5.91. The van der Waals surface area contributed by atoms with E-state index in [2.05, 4.69) is 10.3 Å². The van der Waals surface area contributed by atoms with E-state index in [1.165, 1.54) is 4.57 Å². The molecule has 33 heavy (non-hydrogen) atoms. The van der Waals surface area contributed by atoms with Gasteiger partial charge in [0.1, 0.15) is 6.04 Å². The predicted molar refractivity (Wildman–Crippen MR) is 124 cm³/mol. The second-order valence-corrected chi connectivity index (χ2v) is 8.17. The van der Waals surface area contributed by atoms with E-state index in [4.69, 9.17) is 0 Å². The minimum absolute atomic E-state index is 0.0364. The minimum atomic E-state index is -1.13. The Morgan fingerprint density at radius 1 is 1.03 bits per heavy atom. The standard InChI is InChI=1S/C25H25N3O5/c1-14-4-3-5-15(2)21(14)22(29)27-20(25(32)33)12-16-6-8-17(9-7-16)28-23(30)18-10-11-26-13-19(18)24(28)31/h3-9,11,20,30-31H,10,12-13H2,1-2H3,(H,27,29)(H,32,33)/t20-/m0/s1. The Morgan fingerprint density at radius 2 is 1.67 bits per heavy atom. The van der Waals surface area contributed by atoms with Crippen molar-refractivity contribution in [3.05, 3.63) is 75.8 Å². The highest BCUT2D eigenvalue weighted by molar-refractivity contribution is 5.99. The summed E-state index contributed by atoms with van der Waals surface area (Å²) in [5.74, 6) is -1.65. The number of carboxylic acid groups (broad SMARTS) is 1. The number of aromatic nitrogens is 1. The van der Waals surface area contributed by atoms with Crippen molar-refractivity contribution in [1.82, 2.24) is 9.88 Å². The summed E-state index contributed by atoms with van der Waals surface area (Å²) in [7, 11) is 0. The number of hydrogen-bond donors (Lipinski definition) is 4. The van der Waals surface area contributed by atoms with Crippen molar-refractivity contribution in [2.45, 2.75) is 39.3 Å². The lowest BCUT2D eigenvalue weighted by Gasteiger charge is -2.17. The van der Waals surface area contributed by atoms with Crippen molar-refractivity contribution in [1.29, 1.82) is 0 Å². The molecule has 1 amide bonds. The third kappa shape index (κ3) is 4.19. The second kappa shape index (κ2) is 8.82. The van der Waals surface area contributed by atoms with Gasteiger partial charge >= 0.3 is 5.97 Å². The number of hydrogen-bond acceptors (Lipinski definition) is 5. The molecule has 170 valence electrons. The number of aromatic hydroxyl groups is 2. The van der Waals surface area contributed by atoms with Crippen molar-refractivity contribution < 1.29 is 24.9 Å². The lowest BCUT2D eigenvalue weighted by molar-refractivity contribution is -0.139. The summed E-state index contributed by atoms with van der Waals surface area (Å²) >= 11 is 0. The molecule has 0 radical (unpaired) electrons. The van der Waals surface area contributed by atoms with Crippen molar-refractivity contribution in [3.8, 4) is 17.4 Å². The molecule has 2 aromatic carbocycles. The van der Waals surface area contributed by atoms with E-state index in [0.29, 0.717) is 40.9 Å². The number of carbonyl (C=O) groups is 2. The molecule has 3 aromatic rings. The van der Waals surface area contributed by atoms with Crippen LogP contribution in [0.1, 0.15) is 38.2 Å². The molecule has 8 nitrogen and oxygen atoms in total. The number of nitrogens with zero attached hydrogens (tertiary/aromatic N) is 2. The number of rotatable bonds is 6. The molecule has 1 aliphatic rings. The fourth-order valence-electron chi connectivity index (χ4n) is 4.20. The summed E-state index contributed by atoms with van der Waals surface area (Å²) in [5.41, 5.74) is 4.50. The van der Waals surface area contributed by atoms with Crippen LogP contribution in [0.4, 0.5) is 0 Å². The minimum Gasteiger partial charge on any atom is -0.494 e. The molecule has 0 bridgehead atoms. The maximum Gasteiger partial charge on any atom is 0.326 e. The van der Waals surface area contributed by atoms with Crippen LogP contribution in [0.25, 0.3) is 5.69 Å². The molecule has 1 aromatic heterocycles. The molecular formula is C25H25N3O5. The lowest BCUT2D eigenvalue weighted by Crippen LogP contribution is -2.42. The molecule has 1 atom stereocenters. The first-order valence-electron chi connectivity index (χ1n) is 10.6. The monoisotopic (exact) mass is 447 g/mol. The van der Waals surface area contributed by atoms with Crippen LogP contribution in [0.15, 0.2) is 47.5 Å². The zero-order chi connectivity index (χ0) is 23.7. The maximum absolute atomic E-state index is 12.8. The highest BCUT2D eigenvalue weighted by Gasteiger charge is 2.25. The number of fused-ring (bicyclic) bond motifs is 1. The second-order valence-electron chi connectivity index (χ2n) is 8.17. The fraction of sp³-hybridized carbons (Fsp3) is 0.240. The fourth-order valence-corrected chi connectivity index (χ4v) is 4.20. The molecular weight excluding hydrogens is 422 g/mol. The molecule has 1 aliphatic heterocycles. The Bertz CT molecular complexity index is 1210. The largest absolute Gasteiger partial charge is 0.494 e. The molecule has 4 rings (SSSR count). The molecule has 0 unspecified atom stereocenters. The number of carboxylic acids is 1. The van der Waals surface area contributed by atoms with E-state index in [9.17, 15) is 24.9 Å². The van der Waals surface area contributed by atoms with Gasteiger partial charge in [-0.15, -0.1) is 0 Å². The third-order valence-corrected chi connectivity index (χ3v) is 5.95. The van der Waals surface area contributed by atoms with Gasteiger partial charge in [0, 0.05) is 35.7 Å². The van der Waals surface area contributed by atoms with Crippen molar-refractivity contribution in [2.24, 2.45) is 4.99 Å². The number of aliphatic imine (C=N–C) groups is 1. The van der Waals surface area contributed by atoms with Crippen molar-refractivity contribution in [3.63, 3.8) is 0 Å². The number of amides is 1. The van der Waals surface area contributed by atoms with E-state index in [-0.39, 0.29) is 18.2 Å². The van der Waals surface area contributed by atoms with Gasteiger partial charge in [-0.1, -0.05) is 30.3 Å². The highest BCUT2D eigenvalue weighted by Crippen LogP contribution is 2.38. The van der Waals surface area contributed by atoms with Crippen LogP contribution < -0.4 is 5.32 Å². The Hall–Kier alpha value is -4.07. The van der Waals surface area contributed by atoms with Gasteiger partial charge in [-0.25, -0.2) is 4.79 Å². The van der Waals surface area contributed by atoms with Crippen LogP contribution in [-0.2, 0) is 24.2 Å². The average molecular weight is 447 g/mol. The Labute approximate surface area is 190 Å². The van der Waals surface area contributed by atoms with E-state index >= 15 is 0 Å². The molecule has 0 saturated heterocycles. The van der Waals surface area contributed by atoms with Crippen molar-refractivity contribution in [2.75, 3.05) is 0 Å². The quantitative estimate of drug-likeness (QED) is 0.462. The first kappa shape index (κ1) is 22.1. The highest BCUT2D eigenvalue weighted by atomic mass is 16.4. The van der Waals surface area contributed by atoms with Gasteiger partial charge in [-0.05, 0) is 42.7 Å². The molecule has 2 heterocycles. The zero-order valence-electron chi connectivity index (χ0n) is 18.4. The smallest absolute Gasteiger partial charge is 0.326 e. The summed E-state index contributed by atoms with van der Waals surface area (Å²) in [6.45, 7) is 3.93. The summed E-state index contributed by atoms with van der Waals surface area (Å²) in [4.78, 5) is 28.7. The number of nitrogens with one attached hydrogen (secondary N) is 1. The Morgan fingerprint density at radius 3 is 2.27 bits per heavy atom. The number of benzene rings is 2. The normalized spacial score (nSPS) is 13.4. The topological polar surface area (TPSA) is 124 Å². The summed E-state index contributed by atoms with van der Waals surface area (Å²) in [5, 5.41) is 33.4. The van der Waals surface area contributed by atoms with Crippen LogP contribution in [0.2, 0.25) is 0 Å². The zero-order valence-corrected chi connectivity index (χ0v) is 18.4. The van der Waals surface area contributed by atoms with Gasteiger partial charge < -0.3 is 20.6 Å². The molecule has 0 fully saturated rings. The molecule has 0 spiro atoms. The molecule has 0 aliphatic carbocycles. The first-order chi connectivity index (χ1) is 15.8. The van der Waals surface area contributed by atoms with Gasteiger partial charge in [0.15, 0.2) is 0 Å². The molecule has 4 N–H and O–H groups in total. The SMILES string of the molecule is Cc1cccc(C)c1C(=O)N[C@@H](Cc1ccc(-n2c(O)c3c(c2O)CN=CC3)cc1)C(=O)O. The third-order valence-electron chi connectivity index (χ3n) is 5.95. The van der Waals surface area contributed by atoms with Crippen LogP contribution in [0, 0.1) is 13.8 Å². The van der Waals surface area contributed by atoms with Gasteiger partial charge in [0.2, 0.25) is 11.8 Å². The maximum atomic E-state index is 12.8. The van der Waals surface area contributed by atoms with Crippen LogP contribution in [0.3, 0.4) is 0 Å². The van der Waals surface area contributed by atoms with E-state index in [1.807, 2.05) is 32.0 Å². The first-order valence-corrected chi connectivity index (χ1v) is 10.6. The summed E-state index contributed by atoms with van der Waals surface area (Å²) < 4.78 is 1.35. The average Bonchev–Trinajstić information content (AvgIpc) is 3.04. The molecule has 0 saturated carbocycles. The number of carbonyl (C=O) groups excluding carboxylic acids is 1. The van der Waals surface area contributed by atoms with Gasteiger partial charge in [-0.2, -0.15) is 0 Å². The van der Waals surface area contributed by atoms with Gasteiger partial charge in [0.05, 0.1) is 12.2 Å². The lowest BCUT2D eigenvalue weighted by atomic mass is 10.0. The van der Waals surface area contributed by atoms with Crippen LogP contribution in [-0.4, -0.2) is 44.0 Å². The molecule has 8 heteroatoms. The van der Waals surface area contributed by atoms with E-state index in [0.717, 1.165) is 11.1 Å². The van der Waals surface area contributed by atoms with Crippen molar-refractivity contribution >= 4 is 18.1 Å². The number of aryl methyl sites for hydroxylation is 2. The van der Waals surface area contributed by atoms with Gasteiger partial charge in [0.25, 0.3) is 5.91 Å². The van der Waals surface area contributed by atoms with E-state index in [1.54, 1.807) is 30.5 Å². The van der Waals surface area contributed by atoms with Gasteiger partial charge in [-0.3, -0.25) is 14.4 Å².